The number of carbonyl (C=O) groups is 1. The number of non-ortho nitro benzene ring substituents is 1. The molecular formula is C13H16N2O4. The third-order valence-electron chi connectivity index (χ3n) is 3.56. The first kappa shape index (κ1) is 13.5. The average molecular weight is 264 g/mol. The molecule has 2 rings (SSSR count). The van der Waals surface area contributed by atoms with Gasteiger partial charge in [0.15, 0.2) is 6.29 Å². The second-order valence-electron chi connectivity index (χ2n) is 4.73. The number of aliphatic hydroxyl groups is 1. The van der Waals surface area contributed by atoms with Gasteiger partial charge in [-0.3, -0.25) is 14.9 Å². The second kappa shape index (κ2) is 5.79. The minimum Gasteiger partial charge on any atom is -0.396 e. The molecule has 0 saturated carbocycles. The molecule has 1 saturated heterocycles. The number of piperidine rings is 1. The molecule has 102 valence electrons. The van der Waals surface area contributed by atoms with E-state index in [1.54, 1.807) is 6.07 Å². The van der Waals surface area contributed by atoms with E-state index in [1.807, 2.05) is 4.90 Å². The molecule has 1 fully saturated rings. The number of nitrogens with zero attached hydrogens (tertiary/aromatic N) is 2. The molecule has 6 nitrogen and oxygen atoms in total. The van der Waals surface area contributed by atoms with E-state index in [9.17, 15) is 14.9 Å². The zero-order valence-electron chi connectivity index (χ0n) is 10.5. The molecule has 0 unspecified atom stereocenters. The van der Waals surface area contributed by atoms with Crippen molar-refractivity contribution in [2.75, 3.05) is 24.6 Å². The maximum Gasteiger partial charge on any atom is 0.270 e. The third kappa shape index (κ3) is 2.90. The minimum atomic E-state index is -0.505. The lowest BCUT2D eigenvalue weighted by molar-refractivity contribution is -0.384. The number of carbonyl (C=O) groups excluding carboxylic acids is 1. The van der Waals surface area contributed by atoms with Crippen LogP contribution < -0.4 is 4.90 Å². The molecule has 0 bridgehead atoms. The monoisotopic (exact) mass is 264 g/mol. The Morgan fingerprint density at radius 1 is 1.42 bits per heavy atom. The smallest absolute Gasteiger partial charge is 0.270 e. The quantitative estimate of drug-likeness (QED) is 0.507. The van der Waals surface area contributed by atoms with Crippen LogP contribution in [0.15, 0.2) is 18.2 Å². The Morgan fingerprint density at radius 2 is 2.11 bits per heavy atom. The van der Waals surface area contributed by atoms with E-state index in [-0.39, 0.29) is 12.3 Å². The molecule has 0 aliphatic carbocycles. The van der Waals surface area contributed by atoms with Crippen molar-refractivity contribution >= 4 is 17.7 Å². The maximum atomic E-state index is 11.1. The normalized spacial score (nSPS) is 16.4. The lowest BCUT2D eigenvalue weighted by atomic mass is 9.97. The zero-order chi connectivity index (χ0) is 13.8. The van der Waals surface area contributed by atoms with E-state index in [2.05, 4.69) is 0 Å². The van der Waals surface area contributed by atoms with Gasteiger partial charge < -0.3 is 10.0 Å². The van der Waals surface area contributed by atoms with Gasteiger partial charge in [-0.25, -0.2) is 0 Å². The van der Waals surface area contributed by atoms with E-state index >= 15 is 0 Å². The van der Waals surface area contributed by atoms with Crippen LogP contribution in [0.25, 0.3) is 0 Å². The van der Waals surface area contributed by atoms with Gasteiger partial charge in [-0.1, -0.05) is 0 Å². The SMILES string of the molecule is O=Cc1cc([N+](=O)[O-])ccc1N1CCC(CO)CC1. The molecule has 1 aromatic carbocycles. The van der Waals surface area contributed by atoms with Crippen molar-refractivity contribution < 1.29 is 14.8 Å². The Labute approximate surface area is 110 Å². The number of benzene rings is 1. The van der Waals surface area contributed by atoms with Crippen LogP contribution in [-0.4, -0.2) is 36.0 Å². The summed E-state index contributed by atoms with van der Waals surface area (Å²) in [5.74, 6) is 0.314. The number of anilines is 1. The van der Waals surface area contributed by atoms with Gasteiger partial charge in [0.1, 0.15) is 0 Å². The first-order valence-corrected chi connectivity index (χ1v) is 6.25. The molecule has 0 spiro atoms. The largest absolute Gasteiger partial charge is 0.396 e. The Hall–Kier alpha value is -1.95. The van der Waals surface area contributed by atoms with Crippen LogP contribution in [0.2, 0.25) is 0 Å². The van der Waals surface area contributed by atoms with E-state index in [0.717, 1.165) is 31.6 Å². The number of aliphatic hydroxyl groups excluding tert-OH is 1. The molecule has 1 aliphatic heterocycles. The highest BCUT2D eigenvalue weighted by Gasteiger charge is 2.21. The van der Waals surface area contributed by atoms with Gasteiger partial charge in [-0.05, 0) is 24.8 Å². The molecular weight excluding hydrogens is 248 g/mol. The predicted octanol–water partition coefficient (Wildman–Crippen LogP) is 1.62. The maximum absolute atomic E-state index is 11.1. The number of hydrogen-bond acceptors (Lipinski definition) is 5. The van der Waals surface area contributed by atoms with Crippen molar-refractivity contribution in [3.05, 3.63) is 33.9 Å². The number of hydrogen-bond donors (Lipinski definition) is 1. The lowest BCUT2D eigenvalue weighted by Crippen LogP contribution is -2.35. The Balaban J connectivity index is 2.20. The Morgan fingerprint density at radius 3 is 2.63 bits per heavy atom. The predicted molar refractivity (Wildman–Crippen MR) is 70.5 cm³/mol. The van der Waals surface area contributed by atoms with Crippen molar-refractivity contribution in [1.82, 2.24) is 0 Å². The minimum absolute atomic E-state index is 0.0731. The van der Waals surface area contributed by atoms with Gasteiger partial charge in [-0.15, -0.1) is 0 Å². The van der Waals surface area contributed by atoms with Crippen LogP contribution in [0, 0.1) is 16.0 Å². The zero-order valence-corrected chi connectivity index (χ0v) is 10.5. The summed E-state index contributed by atoms with van der Waals surface area (Å²) in [4.78, 5) is 23.3. The summed E-state index contributed by atoms with van der Waals surface area (Å²) in [6, 6.07) is 4.35. The van der Waals surface area contributed by atoms with E-state index in [1.165, 1.54) is 12.1 Å². The molecule has 1 heterocycles. The Kier molecular flexibility index (Phi) is 4.11. The van der Waals surface area contributed by atoms with Crippen LogP contribution >= 0.6 is 0 Å². The van der Waals surface area contributed by atoms with Crippen LogP contribution in [0.5, 0.6) is 0 Å². The number of rotatable bonds is 4. The highest BCUT2D eigenvalue weighted by Crippen LogP contribution is 2.28. The van der Waals surface area contributed by atoms with E-state index in [4.69, 9.17) is 5.11 Å². The summed E-state index contributed by atoms with van der Waals surface area (Å²) >= 11 is 0. The Bertz CT molecular complexity index is 482. The van der Waals surface area contributed by atoms with Crippen LogP contribution in [0.4, 0.5) is 11.4 Å². The topological polar surface area (TPSA) is 83.7 Å². The van der Waals surface area contributed by atoms with Gasteiger partial charge in [0, 0.05) is 43.1 Å². The van der Waals surface area contributed by atoms with Crippen molar-refractivity contribution in [3.63, 3.8) is 0 Å². The fourth-order valence-electron chi connectivity index (χ4n) is 2.39. The van der Waals surface area contributed by atoms with Crippen LogP contribution in [-0.2, 0) is 0 Å². The second-order valence-corrected chi connectivity index (χ2v) is 4.73. The van der Waals surface area contributed by atoms with Crippen LogP contribution in [0.1, 0.15) is 23.2 Å². The number of nitro benzene ring substituents is 1. The number of aldehydes is 1. The van der Waals surface area contributed by atoms with Gasteiger partial charge in [0.2, 0.25) is 0 Å². The standard InChI is InChI=1S/C13H16N2O4/c16-8-10-3-5-14(6-4-10)13-2-1-12(15(18)19)7-11(13)9-17/h1-2,7,9-10,16H,3-6,8H2. The number of nitro groups is 1. The summed E-state index contributed by atoms with van der Waals surface area (Å²) in [5, 5.41) is 19.8. The van der Waals surface area contributed by atoms with Crippen molar-refractivity contribution in [1.29, 1.82) is 0 Å². The molecule has 0 atom stereocenters. The molecule has 1 aromatic rings. The van der Waals surface area contributed by atoms with Crippen molar-refractivity contribution in [2.24, 2.45) is 5.92 Å². The summed E-state index contributed by atoms with van der Waals surface area (Å²) in [5.41, 5.74) is 1.00. The molecule has 0 aromatic heterocycles. The summed E-state index contributed by atoms with van der Waals surface area (Å²) < 4.78 is 0. The fraction of sp³-hybridized carbons (Fsp3) is 0.462. The molecule has 1 N–H and O–H groups in total. The van der Waals surface area contributed by atoms with Gasteiger partial charge >= 0.3 is 0 Å². The highest BCUT2D eigenvalue weighted by atomic mass is 16.6. The first-order valence-electron chi connectivity index (χ1n) is 6.25. The lowest BCUT2D eigenvalue weighted by Gasteiger charge is -2.33. The van der Waals surface area contributed by atoms with Gasteiger partial charge in [0.25, 0.3) is 5.69 Å². The fourth-order valence-corrected chi connectivity index (χ4v) is 2.39. The first-order chi connectivity index (χ1) is 9.15. The van der Waals surface area contributed by atoms with E-state index < -0.39 is 4.92 Å². The van der Waals surface area contributed by atoms with Gasteiger partial charge in [-0.2, -0.15) is 0 Å². The summed E-state index contributed by atoms with van der Waals surface area (Å²) in [7, 11) is 0. The van der Waals surface area contributed by atoms with Gasteiger partial charge in [0.05, 0.1) is 4.92 Å². The summed E-state index contributed by atoms with van der Waals surface area (Å²) in [6.07, 6.45) is 2.39. The van der Waals surface area contributed by atoms with E-state index in [0.29, 0.717) is 17.8 Å². The van der Waals surface area contributed by atoms with Crippen LogP contribution in [0.3, 0.4) is 0 Å². The molecule has 1 aliphatic rings. The average Bonchev–Trinajstić information content (AvgIpc) is 2.46. The van der Waals surface area contributed by atoms with Crippen molar-refractivity contribution in [2.45, 2.75) is 12.8 Å². The highest BCUT2D eigenvalue weighted by molar-refractivity contribution is 5.86. The third-order valence-corrected chi connectivity index (χ3v) is 3.56. The molecule has 19 heavy (non-hydrogen) atoms. The van der Waals surface area contributed by atoms with Crippen molar-refractivity contribution in [3.8, 4) is 0 Å². The molecule has 6 heteroatoms. The summed E-state index contributed by atoms with van der Waals surface area (Å²) in [6.45, 7) is 1.70. The molecule has 0 amide bonds. The molecule has 0 radical (unpaired) electrons.